The van der Waals surface area contributed by atoms with E-state index in [4.69, 9.17) is 16.2 Å². The third-order valence-corrected chi connectivity index (χ3v) is 2.27. The summed E-state index contributed by atoms with van der Waals surface area (Å²) in [4.78, 5) is -0.484. The van der Waals surface area contributed by atoms with E-state index in [2.05, 4.69) is 0 Å². The minimum Gasteiger partial charge on any atom is -0.618 e. The Morgan fingerprint density at radius 2 is 2.08 bits per heavy atom. The highest BCUT2D eigenvalue weighted by atomic mass is 35.5. The van der Waals surface area contributed by atoms with Gasteiger partial charge in [0.2, 0.25) is 6.20 Å². The first kappa shape index (κ1) is 9.24. The Bertz CT molecular complexity index is 402. The van der Waals surface area contributed by atoms with Gasteiger partial charge in [0.25, 0.3) is 5.15 Å². The van der Waals surface area contributed by atoms with E-state index in [0.717, 1.165) is 12.1 Å². The number of pyridine rings is 1. The third kappa shape index (κ3) is 1.84. The minimum absolute atomic E-state index is 0.144. The van der Waals surface area contributed by atoms with Crippen molar-refractivity contribution in [2.75, 3.05) is 0 Å². The first-order valence-electron chi connectivity index (χ1n) is 2.77. The molecular weight excluding hydrogens is 206 g/mol. The molecule has 12 heavy (non-hydrogen) atoms. The maximum atomic E-state index is 10.7. The van der Waals surface area contributed by atoms with Gasteiger partial charge in [0.15, 0.2) is 4.90 Å². The summed E-state index contributed by atoms with van der Waals surface area (Å²) in [5.74, 6) is 0. The molecule has 0 aliphatic carbocycles. The van der Waals surface area contributed by atoms with Gasteiger partial charge in [0, 0.05) is 6.07 Å². The zero-order valence-corrected chi connectivity index (χ0v) is 7.21. The average molecular weight is 210 g/mol. The molecule has 0 spiro atoms. The highest BCUT2D eigenvalue weighted by Gasteiger charge is 2.14. The zero-order chi connectivity index (χ0) is 9.35. The Morgan fingerprint density at radius 3 is 2.50 bits per heavy atom. The summed E-state index contributed by atoms with van der Waals surface area (Å²) in [5, 5.41) is 10.5. The van der Waals surface area contributed by atoms with Gasteiger partial charge in [-0.1, -0.05) is 0 Å². The molecule has 0 radical (unpaired) electrons. The van der Waals surface area contributed by atoms with Crippen LogP contribution in [0.15, 0.2) is 23.2 Å². The van der Waals surface area contributed by atoms with Crippen LogP contribution in [0.2, 0.25) is 5.15 Å². The topological polar surface area (TPSA) is 81.3 Å². The highest BCUT2D eigenvalue weighted by molar-refractivity contribution is 7.85. The van der Waals surface area contributed by atoms with Crippen molar-refractivity contribution in [3.05, 3.63) is 28.7 Å². The Hall–Kier alpha value is -0.850. The second kappa shape index (κ2) is 2.89. The molecule has 5 nitrogen and oxygen atoms in total. The van der Waals surface area contributed by atoms with Crippen LogP contribution in [0.5, 0.6) is 0 Å². The molecule has 0 atom stereocenters. The first-order chi connectivity index (χ1) is 5.41. The van der Waals surface area contributed by atoms with E-state index in [-0.39, 0.29) is 9.88 Å². The Morgan fingerprint density at radius 1 is 1.50 bits per heavy atom. The quantitative estimate of drug-likeness (QED) is 0.311. The van der Waals surface area contributed by atoms with Gasteiger partial charge in [-0.05, 0) is 17.7 Å². The SMILES string of the molecule is O=S(=O)(O)c1ccc(Cl)[n+]([O-])c1. The lowest BCUT2D eigenvalue weighted by Gasteiger charge is -1.99. The van der Waals surface area contributed by atoms with E-state index in [0.29, 0.717) is 6.20 Å². The van der Waals surface area contributed by atoms with Crippen LogP contribution in [0, 0.1) is 5.21 Å². The van der Waals surface area contributed by atoms with Crippen molar-refractivity contribution >= 4 is 21.7 Å². The maximum Gasteiger partial charge on any atom is 0.300 e. The summed E-state index contributed by atoms with van der Waals surface area (Å²) < 4.78 is 29.5. The molecule has 0 saturated heterocycles. The van der Waals surface area contributed by atoms with Gasteiger partial charge < -0.3 is 5.21 Å². The fourth-order valence-corrected chi connectivity index (χ4v) is 1.18. The number of nitrogens with zero attached hydrogens (tertiary/aromatic N) is 1. The lowest BCUT2D eigenvalue weighted by molar-refractivity contribution is -0.605. The molecule has 1 heterocycles. The molecule has 1 aromatic rings. The summed E-state index contributed by atoms with van der Waals surface area (Å²) in [6.07, 6.45) is 0.678. The molecule has 0 aromatic carbocycles. The van der Waals surface area contributed by atoms with E-state index in [1.807, 2.05) is 0 Å². The van der Waals surface area contributed by atoms with Gasteiger partial charge in [0.1, 0.15) is 0 Å². The summed E-state index contributed by atoms with van der Waals surface area (Å²) in [6, 6.07) is 2.11. The van der Waals surface area contributed by atoms with Crippen LogP contribution in [-0.4, -0.2) is 13.0 Å². The van der Waals surface area contributed by atoms with Crippen LogP contribution in [0.4, 0.5) is 0 Å². The van der Waals surface area contributed by atoms with Crippen LogP contribution in [0.1, 0.15) is 0 Å². The molecule has 0 bridgehead atoms. The van der Waals surface area contributed by atoms with Gasteiger partial charge >= 0.3 is 10.1 Å². The molecule has 1 rings (SSSR count). The maximum absolute atomic E-state index is 10.7. The molecule has 1 N–H and O–H groups in total. The lowest BCUT2D eigenvalue weighted by atomic mass is 10.5. The number of hydrogen-bond acceptors (Lipinski definition) is 3. The fourth-order valence-electron chi connectivity index (χ4n) is 0.597. The molecule has 0 fully saturated rings. The standard InChI is InChI=1S/C5H4ClNO4S/c6-5-2-1-4(3-7(5)8)12(9,10)11/h1-3H,(H,9,10,11). The number of rotatable bonds is 1. The average Bonchev–Trinajstić information content (AvgIpc) is 1.92. The first-order valence-corrected chi connectivity index (χ1v) is 4.59. The molecule has 1 aromatic heterocycles. The van der Waals surface area contributed by atoms with Crippen LogP contribution < -0.4 is 4.73 Å². The van der Waals surface area contributed by atoms with Gasteiger partial charge in [-0.3, -0.25) is 4.55 Å². The lowest BCUT2D eigenvalue weighted by Crippen LogP contribution is -2.27. The molecule has 0 unspecified atom stereocenters. The van der Waals surface area contributed by atoms with Crippen molar-refractivity contribution in [2.45, 2.75) is 4.90 Å². The van der Waals surface area contributed by atoms with Gasteiger partial charge in [-0.25, -0.2) is 0 Å². The second-order valence-electron chi connectivity index (χ2n) is 1.99. The zero-order valence-electron chi connectivity index (χ0n) is 5.64. The van der Waals surface area contributed by atoms with Crippen molar-refractivity contribution in [1.82, 2.24) is 0 Å². The predicted molar refractivity (Wildman–Crippen MR) is 40.2 cm³/mol. The number of aromatic nitrogens is 1. The van der Waals surface area contributed by atoms with Crippen molar-refractivity contribution in [3.8, 4) is 0 Å². The molecule has 66 valence electrons. The predicted octanol–water partition coefficient (Wildman–Crippen LogP) is 0.220. The summed E-state index contributed by atoms with van der Waals surface area (Å²) in [5.41, 5.74) is 0. The van der Waals surface area contributed by atoms with E-state index in [9.17, 15) is 13.6 Å². The van der Waals surface area contributed by atoms with Crippen molar-refractivity contribution in [3.63, 3.8) is 0 Å². The fraction of sp³-hybridized carbons (Fsp3) is 0. The van der Waals surface area contributed by atoms with E-state index in [1.165, 1.54) is 0 Å². The molecule has 0 amide bonds. The van der Waals surface area contributed by atoms with Crippen LogP contribution in [0.25, 0.3) is 0 Å². The Labute approximate surface area is 73.5 Å². The number of hydrogen-bond donors (Lipinski definition) is 1. The van der Waals surface area contributed by atoms with E-state index in [1.54, 1.807) is 0 Å². The van der Waals surface area contributed by atoms with E-state index < -0.39 is 15.0 Å². The normalized spacial score (nSPS) is 11.5. The molecule has 0 aliphatic rings. The van der Waals surface area contributed by atoms with Crippen LogP contribution >= 0.6 is 11.6 Å². The summed E-state index contributed by atoms with van der Waals surface area (Å²) in [6.45, 7) is 0. The number of halogens is 1. The highest BCUT2D eigenvalue weighted by Crippen LogP contribution is 2.08. The minimum atomic E-state index is -4.32. The summed E-state index contributed by atoms with van der Waals surface area (Å²) >= 11 is 5.30. The Kier molecular flexibility index (Phi) is 2.22. The monoisotopic (exact) mass is 209 g/mol. The molecule has 0 saturated carbocycles. The summed E-state index contributed by atoms with van der Waals surface area (Å²) in [7, 11) is -4.32. The Balaban J connectivity index is 3.33. The third-order valence-electron chi connectivity index (χ3n) is 1.14. The smallest absolute Gasteiger partial charge is 0.300 e. The second-order valence-corrected chi connectivity index (χ2v) is 3.80. The van der Waals surface area contributed by atoms with Crippen LogP contribution in [-0.2, 0) is 10.1 Å². The molecule has 0 aliphatic heterocycles. The van der Waals surface area contributed by atoms with Crippen molar-refractivity contribution < 1.29 is 17.7 Å². The van der Waals surface area contributed by atoms with Gasteiger partial charge in [0.05, 0.1) is 0 Å². The van der Waals surface area contributed by atoms with Crippen LogP contribution in [0.3, 0.4) is 0 Å². The van der Waals surface area contributed by atoms with Gasteiger partial charge in [-0.2, -0.15) is 13.1 Å². The van der Waals surface area contributed by atoms with Crippen molar-refractivity contribution in [1.29, 1.82) is 0 Å². The molecular formula is C5H4ClNO4S. The largest absolute Gasteiger partial charge is 0.618 e. The van der Waals surface area contributed by atoms with Gasteiger partial charge in [-0.15, -0.1) is 0 Å². The molecule has 7 heteroatoms. The van der Waals surface area contributed by atoms with E-state index >= 15 is 0 Å². The van der Waals surface area contributed by atoms with Crippen molar-refractivity contribution in [2.24, 2.45) is 0 Å².